The van der Waals surface area contributed by atoms with E-state index in [1.54, 1.807) is 24.5 Å². The number of hydrogen-bond acceptors (Lipinski definition) is 4. The van der Waals surface area contributed by atoms with Crippen LogP contribution in [0.25, 0.3) is 11.0 Å². The quantitative estimate of drug-likeness (QED) is 0.433. The van der Waals surface area contributed by atoms with Crippen molar-refractivity contribution in [2.24, 2.45) is 0 Å². The van der Waals surface area contributed by atoms with Gasteiger partial charge in [-0.05, 0) is 42.8 Å². The monoisotopic (exact) mass is 400 g/mol. The Balaban J connectivity index is 1.38. The van der Waals surface area contributed by atoms with Crippen molar-refractivity contribution in [2.45, 2.75) is 19.4 Å². The van der Waals surface area contributed by atoms with E-state index < -0.39 is 0 Å². The molecule has 0 saturated heterocycles. The number of fused-ring (bicyclic) bond motifs is 1. The molecule has 6 nitrogen and oxygen atoms in total. The van der Waals surface area contributed by atoms with Crippen LogP contribution in [0, 0.1) is 0 Å². The van der Waals surface area contributed by atoms with Gasteiger partial charge in [0.2, 0.25) is 0 Å². The largest absolute Gasteiger partial charge is 0.494 e. The topological polar surface area (TPSA) is 69.0 Å². The molecule has 4 aromatic rings. The predicted molar refractivity (Wildman–Crippen MR) is 117 cm³/mol. The van der Waals surface area contributed by atoms with Gasteiger partial charge >= 0.3 is 0 Å². The van der Waals surface area contributed by atoms with Crippen molar-refractivity contribution in [1.82, 2.24) is 19.9 Å². The second-order valence-electron chi connectivity index (χ2n) is 6.93. The first-order chi connectivity index (χ1) is 14.8. The van der Waals surface area contributed by atoms with Gasteiger partial charge in [-0.25, -0.2) is 4.98 Å². The fourth-order valence-corrected chi connectivity index (χ4v) is 3.38. The molecule has 152 valence electrons. The van der Waals surface area contributed by atoms with Gasteiger partial charge in [0.1, 0.15) is 11.6 Å². The molecule has 0 fully saturated rings. The zero-order valence-electron chi connectivity index (χ0n) is 16.7. The number of amides is 1. The number of rotatable bonds is 9. The Morgan fingerprint density at radius 2 is 1.83 bits per heavy atom. The highest BCUT2D eigenvalue weighted by Gasteiger charge is 2.11. The number of aryl methyl sites for hydroxylation is 1. The number of carbonyl (C=O) groups excluding carboxylic acids is 1. The number of ether oxygens (including phenoxy) is 1. The van der Waals surface area contributed by atoms with Gasteiger partial charge in [-0.2, -0.15) is 0 Å². The lowest BCUT2D eigenvalue weighted by Gasteiger charge is -2.11. The van der Waals surface area contributed by atoms with Gasteiger partial charge in [-0.1, -0.05) is 30.3 Å². The molecule has 6 heteroatoms. The average Bonchev–Trinajstić information content (AvgIpc) is 3.15. The molecule has 4 rings (SSSR count). The maximum Gasteiger partial charge on any atom is 0.252 e. The standard InChI is InChI=1S/C24H24N4O2/c29-24(19-8-6-14-25-18-19)26-15-13-23-27-21-11-4-5-12-22(21)28(23)16-7-17-30-20-9-2-1-3-10-20/h1-6,8-12,14,18H,7,13,15-17H2,(H,26,29). The highest BCUT2D eigenvalue weighted by atomic mass is 16.5. The fraction of sp³-hybridized carbons (Fsp3) is 0.208. The molecule has 30 heavy (non-hydrogen) atoms. The summed E-state index contributed by atoms with van der Waals surface area (Å²) in [7, 11) is 0. The van der Waals surface area contributed by atoms with Crippen molar-refractivity contribution < 1.29 is 9.53 Å². The summed E-state index contributed by atoms with van der Waals surface area (Å²) in [5, 5.41) is 2.95. The molecule has 0 aliphatic rings. The first-order valence-electron chi connectivity index (χ1n) is 10.1. The van der Waals surface area contributed by atoms with Crippen LogP contribution in [0.5, 0.6) is 5.75 Å². The minimum Gasteiger partial charge on any atom is -0.494 e. The summed E-state index contributed by atoms with van der Waals surface area (Å²) in [6.07, 6.45) is 4.74. The Hall–Kier alpha value is -3.67. The van der Waals surface area contributed by atoms with Crippen molar-refractivity contribution in [3.63, 3.8) is 0 Å². The summed E-state index contributed by atoms with van der Waals surface area (Å²) in [5.41, 5.74) is 2.63. The third-order valence-electron chi connectivity index (χ3n) is 4.83. The van der Waals surface area contributed by atoms with Gasteiger partial charge in [0.15, 0.2) is 0 Å². The number of hydrogen-bond donors (Lipinski definition) is 1. The van der Waals surface area contributed by atoms with Gasteiger partial charge in [-0.3, -0.25) is 9.78 Å². The van der Waals surface area contributed by atoms with Crippen LogP contribution in [0.4, 0.5) is 0 Å². The first-order valence-corrected chi connectivity index (χ1v) is 10.1. The lowest BCUT2D eigenvalue weighted by molar-refractivity contribution is 0.0953. The molecule has 0 atom stereocenters. The minimum atomic E-state index is -0.123. The van der Waals surface area contributed by atoms with Crippen LogP contribution in [0.1, 0.15) is 22.6 Å². The molecule has 0 saturated carbocycles. The number of para-hydroxylation sites is 3. The molecule has 2 aromatic carbocycles. The lowest BCUT2D eigenvalue weighted by atomic mass is 10.2. The highest BCUT2D eigenvalue weighted by Crippen LogP contribution is 2.17. The molecule has 0 spiro atoms. The SMILES string of the molecule is O=C(NCCc1nc2ccccc2n1CCCOc1ccccc1)c1cccnc1. The summed E-state index contributed by atoms with van der Waals surface area (Å²) in [6.45, 7) is 1.95. The van der Waals surface area contributed by atoms with Crippen LogP contribution >= 0.6 is 0 Å². The molecule has 1 amide bonds. The van der Waals surface area contributed by atoms with E-state index in [9.17, 15) is 4.79 Å². The van der Waals surface area contributed by atoms with Gasteiger partial charge in [0, 0.05) is 31.9 Å². The van der Waals surface area contributed by atoms with E-state index in [0.29, 0.717) is 25.1 Å². The van der Waals surface area contributed by atoms with Crippen molar-refractivity contribution in [3.05, 3.63) is 90.5 Å². The minimum absolute atomic E-state index is 0.123. The molecule has 0 aliphatic heterocycles. The van der Waals surface area contributed by atoms with Crippen LogP contribution in [0.15, 0.2) is 79.1 Å². The normalized spacial score (nSPS) is 10.8. The van der Waals surface area contributed by atoms with E-state index >= 15 is 0 Å². The van der Waals surface area contributed by atoms with Gasteiger partial charge in [-0.15, -0.1) is 0 Å². The zero-order chi connectivity index (χ0) is 20.6. The predicted octanol–water partition coefficient (Wildman–Crippen LogP) is 3.87. The Kier molecular flexibility index (Phi) is 6.35. The van der Waals surface area contributed by atoms with Crippen LogP contribution in [0.2, 0.25) is 0 Å². The Bertz CT molecular complexity index is 1090. The summed E-state index contributed by atoms with van der Waals surface area (Å²) in [4.78, 5) is 21.0. The van der Waals surface area contributed by atoms with E-state index in [4.69, 9.17) is 9.72 Å². The number of benzene rings is 2. The Morgan fingerprint density at radius 1 is 1.00 bits per heavy atom. The summed E-state index contributed by atoms with van der Waals surface area (Å²) in [5.74, 6) is 1.72. The molecule has 2 aromatic heterocycles. The van der Waals surface area contributed by atoms with E-state index in [1.807, 2.05) is 48.5 Å². The maximum absolute atomic E-state index is 12.2. The summed E-state index contributed by atoms with van der Waals surface area (Å²) >= 11 is 0. The van der Waals surface area contributed by atoms with Gasteiger partial charge < -0.3 is 14.6 Å². The molecule has 0 bridgehead atoms. The smallest absolute Gasteiger partial charge is 0.252 e. The van der Waals surface area contributed by atoms with Crippen molar-refractivity contribution in [1.29, 1.82) is 0 Å². The van der Waals surface area contributed by atoms with E-state index in [2.05, 4.69) is 20.9 Å². The van der Waals surface area contributed by atoms with E-state index in [1.165, 1.54) is 0 Å². The van der Waals surface area contributed by atoms with E-state index in [-0.39, 0.29) is 5.91 Å². The third-order valence-corrected chi connectivity index (χ3v) is 4.83. The molecular formula is C24H24N4O2. The average molecular weight is 400 g/mol. The van der Waals surface area contributed by atoms with Crippen molar-refractivity contribution in [3.8, 4) is 5.75 Å². The summed E-state index contributed by atoms with van der Waals surface area (Å²) < 4.78 is 8.04. The number of nitrogens with one attached hydrogen (secondary N) is 1. The molecule has 2 heterocycles. The molecular weight excluding hydrogens is 376 g/mol. The van der Waals surface area contributed by atoms with Crippen LogP contribution < -0.4 is 10.1 Å². The third kappa shape index (κ3) is 4.84. The number of aromatic nitrogens is 3. The van der Waals surface area contributed by atoms with Crippen LogP contribution in [-0.2, 0) is 13.0 Å². The highest BCUT2D eigenvalue weighted by molar-refractivity contribution is 5.93. The molecule has 0 unspecified atom stereocenters. The fourth-order valence-electron chi connectivity index (χ4n) is 3.38. The number of nitrogens with zero attached hydrogens (tertiary/aromatic N) is 3. The second-order valence-corrected chi connectivity index (χ2v) is 6.93. The Labute approximate surface area is 175 Å². The molecule has 0 radical (unpaired) electrons. The number of carbonyl (C=O) groups is 1. The van der Waals surface area contributed by atoms with Crippen molar-refractivity contribution in [2.75, 3.05) is 13.2 Å². The number of pyridine rings is 1. The summed E-state index contributed by atoms with van der Waals surface area (Å²) in [6, 6.07) is 21.5. The van der Waals surface area contributed by atoms with Crippen LogP contribution in [0.3, 0.4) is 0 Å². The zero-order valence-corrected chi connectivity index (χ0v) is 16.7. The van der Waals surface area contributed by atoms with Gasteiger partial charge in [0.05, 0.1) is 23.2 Å². The lowest BCUT2D eigenvalue weighted by Crippen LogP contribution is -2.26. The first kappa shape index (κ1) is 19.6. The second kappa shape index (κ2) is 9.69. The number of imidazole rings is 1. The maximum atomic E-state index is 12.2. The van der Waals surface area contributed by atoms with E-state index in [0.717, 1.165) is 35.6 Å². The Morgan fingerprint density at radius 3 is 2.67 bits per heavy atom. The van der Waals surface area contributed by atoms with Crippen LogP contribution in [-0.4, -0.2) is 33.6 Å². The molecule has 1 N–H and O–H groups in total. The molecule has 0 aliphatic carbocycles. The van der Waals surface area contributed by atoms with Gasteiger partial charge in [0.25, 0.3) is 5.91 Å². The van der Waals surface area contributed by atoms with Crippen molar-refractivity contribution >= 4 is 16.9 Å².